The lowest BCUT2D eigenvalue weighted by Crippen LogP contribution is -2.68. The number of alkyl carbamates (subject to hydrolysis) is 1. The maximum absolute atomic E-state index is 14.8. The molecule has 38 heavy (non-hydrogen) atoms. The number of carbonyl (C=O) groups excluding carboxylic acids is 1. The molecule has 2 bridgehead atoms. The van der Waals surface area contributed by atoms with Crippen LogP contribution in [0, 0.1) is 17.2 Å². The van der Waals surface area contributed by atoms with Crippen molar-refractivity contribution in [1.29, 1.82) is 5.26 Å². The molecule has 4 saturated carbocycles. The third-order valence-electron chi connectivity index (χ3n) is 8.07. The second-order valence-corrected chi connectivity index (χ2v) is 10.6. The Bertz CT molecular complexity index is 1580. The van der Waals surface area contributed by atoms with Gasteiger partial charge in [0.2, 0.25) is 5.95 Å². The number of halogens is 1. The Kier molecular flexibility index (Phi) is 4.94. The second kappa shape index (κ2) is 8.27. The number of hydrogen-bond donors (Lipinski definition) is 3. The van der Waals surface area contributed by atoms with Gasteiger partial charge in [-0.05, 0) is 44.1 Å². The molecule has 0 saturated heterocycles. The lowest BCUT2D eigenvalue weighted by molar-refractivity contribution is -0.0530. The van der Waals surface area contributed by atoms with E-state index in [1.54, 1.807) is 33.7 Å². The normalized spacial score (nSPS) is 27.4. The van der Waals surface area contributed by atoms with Gasteiger partial charge in [0.15, 0.2) is 17.2 Å². The number of anilines is 2. The van der Waals surface area contributed by atoms with Gasteiger partial charge in [-0.1, -0.05) is 0 Å². The van der Waals surface area contributed by atoms with Crippen LogP contribution >= 0.6 is 0 Å². The number of nitriles is 1. The summed E-state index contributed by atoms with van der Waals surface area (Å²) < 4.78 is 23.6. The molecule has 4 heterocycles. The smallest absolute Gasteiger partial charge is 0.407 e. The van der Waals surface area contributed by atoms with Crippen LogP contribution in [-0.4, -0.2) is 58.3 Å². The Labute approximate surface area is 216 Å². The maximum Gasteiger partial charge on any atom is 0.407 e. The summed E-state index contributed by atoms with van der Waals surface area (Å²) in [5.74, 6) is 1.46. The van der Waals surface area contributed by atoms with Crippen LogP contribution in [0.1, 0.15) is 49.4 Å². The number of fused-ring (bicyclic) bond motifs is 1. The van der Waals surface area contributed by atoms with Crippen molar-refractivity contribution < 1.29 is 13.9 Å². The molecular formula is C25H25FN10O2. The molecular weight excluding hydrogens is 491 g/mol. The number of aromatic amines is 1. The summed E-state index contributed by atoms with van der Waals surface area (Å²) in [5.41, 5.74) is 2.97. The van der Waals surface area contributed by atoms with Crippen molar-refractivity contribution in [3.63, 3.8) is 0 Å². The minimum absolute atomic E-state index is 0.103. The average Bonchev–Trinajstić information content (AvgIpc) is 3.63. The maximum atomic E-state index is 14.8. The molecule has 4 aliphatic carbocycles. The van der Waals surface area contributed by atoms with Crippen molar-refractivity contribution in [1.82, 2.24) is 39.7 Å². The van der Waals surface area contributed by atoms with E-state index in [0.717, 1.165) is 42.1 Å². The highest BCUT2D eigenvalue weighted by Crippen LogP contribution is 2.57. The molecule has 4 fully saturated rings. The fourth-order valence-corrected chi connectivity index (χ4v) is 6.01. The first kappa shape index (κ1) is 22.7. The van der Waals surface area contributed by atoms with Gasteiger partial charge in [0.05, 0.1) is 17.5 Å². The van der Waals surface area contributed by atoms with Crippen molar-refractivity contribution in [2.24, 2.45) is 13.0 Å². The average molecular weight is 517 g/mol. The van der Waals surface area contributed by atoms with Crippen molar-refractivity contribution in [2.75, 3.05) is 5.32 Å². The topological polar surface area (TPSA) is 151 Å². The molecule has 13 heteroatoms. The zero-order valence-corrected chi connectivity index (χ0v) is 20.6. The summed E-state index contributed by atoms with van der Waals surface area (Å²) in [5, 5.41) is 27.0. The van der Waals surface area contributed by atoms with Crippen LogP contribution in [0.5, 0.6) is 0 Å². The number of H-pyrrole nitrogens is 1. The quantitative estimate of drug-likeness (QED) is 0.353. The van der Waals surface area contributed by atoms with Crippen molar-refractivity contribution in [2.45, 2.75) is 55.8 Å². The molecule has 0 unspecified atom stereocenters. The predicted octanol–water partition coefficient (Wildman–Crippen LogP) is 3.33. The van der Waals surface area contributed by atoms with E-state index in [1.807, 2.05) is 13.1 Å². The van der Waals surface area contributed by atoms with Crippen LogP contribution in [0.15, 0.2) is 30.7 Å². The minimum Gasteiger partial charge on any atom is -0.443 e. The van der Waals surface area contributed by atoms with E-state index in [-0.39, 0.29) is 23.6 Å². The van der Waals surface area contributed by atoms with E-state index in [4.69, 9.17) is 4.74 Å². The zero-order chi connectivity index (χ0) is 26.0. The van der Waals surface area contributed by atoms with Gasteiger partial charge in [-0.3, -0.25) is 14.2 Å². The van der Waals surface area contributed by atoms with Crippen molar-refractivity contribution in [3.8, 4) is 17.3 Å². The van der Waals surface area contributed by atoms with Crippen LogP contribution in [-0.2, 0) is 11.8 Å². The Hall–Kier alpha value is -4.47. The molecule has 3 N–H and O–H groups in total. The van der Waals surface area contributed by atoms with Crippen LogP contribution in [0.3, 0.4) is 0 Å². The van der Waals surface area contributed by atoms with Gasteiger partial charge < -0.3 is 15.4 Å². The lowest BCUT2D eigenvalue weighted by atomic mass is 9.50. The number of aryl methyl sites for hydroxylation is 1. The number of nitrogens with one attached hydrogen (secondary N) is 3. The van der Waals surface area contributed by atoms with Gasteiger partial charge in [0.25, 0.3) is 0 Å². The molecule has 0 aliphatic heterocycles. The molecule has 0 radical (unpaired) electrons. The highest BCUT2D eigenvalue weighted by atomic mass is 19.1. The predicted molar refractivity (Wildman–Crippen MR) is 132 cm³/mol. The molecule has 3 atom stereocenters. The van der Waals surface area contributed by atoms with Gasteiger partial charge in [-0.25, -0.2) is 19.2 Å². The molecule has 4 aromatic rings. The summed E-state index contributed by atoms with van der Waals surface area (Å²) >= 11 is 0. The lowest BCUT2D eigenvalue weighted by Gasteiger charge is -2.61. The number of amides is 1. The van der Waals surface area contributed by atoms with Crippen molar-refractivity contribution in [3.05, 3.63) is 42.1 Å². The fourth-order valence-electron chi connectivity index (χ4n) is 6.01. The number of hydrogen-bond acceptors (Lipinski definition) is 8. The van der Waals surface area contributed by atoms with Crippen molar-refractivity contribution >= 4 is 23.5 Å². The van der Waals surface area contributed by atoms with E-state index in [9.17, 15) is 14.4 Å². The van der Waals surface area contributed by atoms with Crippen LogP contribution in [0.25, 0.3) is 16.9 Å². The molecule has 4 aliphatic rings. The first-order valence-electron chi connectivity index (χ1n) is 12.6. The largest absolute Gasteiger partial charge is 0.443 e. The number of aromatic nitrogens is 7. The summed E-state index contributed by atoms with van der Waals surface area (Å²) in [4.78, 5) is 21.3. The fraction of sp³-hybridized carbons (Fsp3) is 0.440. The van der Waals surface area contributed by atoms with Gasteiger partial charge in [0.1, 0.15) is 18.3 Å². The Morgan fingerprint density at radius 1 is 1.34 bits per heavy atom. The standard InChI is InChI=1S/C25H25FN10O2/c1-35-19(2-3-29-35)16-11-28-23(36-12-15(10-27)30-22(16)36)31-21-6-18(33-34-21)14-4-17(26)20(5-14)38-24(37)32-25-7-13(8-25)9-25/h2-3,6,11-14,17,20H,4-5,7-9H2,1H3,(H,32,37)(H2,28,31,33,34)/t13?,14-,17+,20-,25?/m0/s1. The molecule has 194 valence electrons. The Morgan fingerprint density at radius 3 is 2.89 bits per heavy atom. The number of carbonyl (C=O) groups is 1. The van der Waals surface area contributed by atoms with Crippen LogP contribution in [0.2, 0.25) is 0 Å². The molecule has 8 rings (SSSR count). The Balaban J connectivity index is 1.07. The van der Waals surface area contributed by atoms with Gasteiger partial charge in [0, 0.05) is 42.7 Å². The number of ether oxygens (including phenoxy) is 1. The second-order valence-electron chi connectivity index (χ2n) is 10.6. The third-order valence-corrected chi connectivity index (χ3v) is 8.07. The highest BCUT2D eigenvalue weighted by molar-refractivity contribution is 5.77. The summed E-state index contributed by atoms with van der Waals surface area (Å²) in [6, 6.07) is 5.72. The first-order chi connectivity index (χ1) is 18.4. The van der Waals surface area contributed by atoms with E-state index < -0.39 is 18.4 Å². The molecule has 0 aromatic carbocycles. The summed E-state index contributed by atoms with van der Waals surface area (Å²) in [7, 11) is 1.82. The van der Waals surface area contributed by atoms with E-state index in [0.29, 0.717) is 23.8 Å². The number of imidazole rings is 1. The minimum atomic E-state index is -1.24. The van der Waals surface area contributed by atoms with E-state index >= 15 is 0 Å². The first-order valence-corrected chi connectivity index (χ1v) is 12.6. The highest BCUT2D eigenvalue weighted by Gasteiger charge is 2.58. The van der Waals surface area contributed by atoms with E-state index in [2.05, 4.69) is 42.0 Å². The molecule has 0 spiro atoms. The number of alkyl halides is 1. The van der Waals surface area contributed by atoms with Crippen LogP contribution in [0.4, 0.5) is 21.0 Å². The van der Waals surface area contributed by atoms with Gasteiger partial charge in [-0.15, -0.1) is 0 Å². The summed E-state index contributed by atoms with van der Waals surface area (Å²) in [6.07, 6.45) is 6.02. The monoisotopic (exact) mass is 516 g/mol. The summed E-state index contributed by atoms with van der Waals surface area (Å²) in [6.45, 7) is 0. The molecule has 12 nitrogen and oxygen atoms in total. The molecule has 1 amide bonds. The Morgan fingerprint density at radius 2 is 2.18 bits per heavy atom. The number of rotatable bonds is 6. The molecule has 4 aromatic heterocycles. The van der Waals surface area contributed by atoms with Gasteiger partial charge in [-0.2, -0.15) is 15.5 Å². The SMILES string of the molecule is Cn1nccc1-c1cnc(Nc2cc([C@H]3C[C@@H](F)[C@@H](OC(=O)NC45CC(C4)C5)C3)[nH]n2)n2cc(C#N)nc12. The third kappa shape index (κ3) is 3.67. The van der Waals surface area contributed by atoms with E-state index in [1.165, 1.54) is 0 Å². The number of nitrogens with zero attached hydrogens (tertiary/aromatic N) is 7. The van der Waals surface area contributed by atoms with Crippen LogP contribution < -0.4 is 10.6 Å². The zero-order valence-electron chi connectivity index (χ0n) is 20.6. The van der Waals surface area contributed by atoms with Gasteiger partial charge >= 0.3 is 6.09 Å².